The van der Waals surface area contributed by atoms with Gasteiger partial charge in [-0.05, 0) is 73.3 Å². The van der Waals surface area contributed by atoms with E-state index in [0.717, 1.165) is 16.7 Å². The summed E-state index contributed by atoms with van der Waals surface area (Å²) in [5.41, 5.74) is -0.836. The van der Waals surface area contributed by atoms with Gasteiger partial charge in [0.05, 0.1) is 19.2 Å². The number of hydrogen-bond donors (Lipinski definition) is 2. The summed E-state index contributed by atoms with van der Waals surface area (Å²) in [5, 5.41) is 5.50. The van der Waals surface area contributed by atoms with Gasteiger partial charge in [0.2, 0.25) is 0 Å². The number of alkyl carbamates (subject to hydrolysis) is 2. The zero-order chi connectivity index (χ0) is 32.0. The summed E-state index contributed by atoms with van der Waals surface area (Å²) in [7, 11) is 0. The van der Waals surface area contributed by atoms with E-state index in [1.807, 2.05) is 30.3 Å². The maximum atomic E-state index is 13.2. The Morgan fingerprint density at radius 1 is 0.930 bits per heavy atom. The molecule has 0 unspecified atom stereocenters. The van der Waals surface area contributed by atoms with Gasteiger partial charge in [0.1, 0.15) is 24.1 Å². The van der Waals surface area contributed by atoms with Gasteiger partial charge < -0.3 is 34.0 Å². The minimum atomic E-state index is -0.846. The van der Waals surface area contributed by atoms with Crippen LogP contribution in [0.5, 0.6) is 0 Å². The van der Waals surface area contributed by atoms with E-state index in [1.165, 1.54) is 0 Å². The number of oxazole rings is 1. The summed E-state index contributed by atoms with van der Waals surface area (Å²) in [6.07, 6.45) is 0.595. The van der Waals surface area contributed by atoms with Gasteiger partial charge in [-0.1, -0.05) is 30.3 Å². The molecule has 1 atom stereocenters. The van der Waals surface area contributed by atoms with Gasteiger partial charge >= 0.3 is 30.3 Å². The molecular weight excluding hydrogens is 560 g/mol. The smallest absolute Gasteiger partial charge is 0.418 e. The highest BCUT2D eigenvalue weighted by atomic mass is 16.6. The molecule has 1 heterocycles. The van der Waals surface area contributed by atoms with Crippen molar-refractivity contribution < 1.29 is 42.5 Å². The molecule has 13 heteroatoms. The molecule has 0 saturated heterocycles. The van der Waals surface area contributed by atoms with Crippen molar-refractivity contribution in [3.63, 3.8) is 0 Å². The monoisotopic (exact) mass is 604 g/mol. The van der Waals surface area contributed by atoms with Crippen LogP contribution < -0.4 is 15.5 Å². The van der Waals surface area contributed by atoms with Crippen LogP contribution in [0.4, 0.5) is 20.4 Å². The fourth-order valence-electron chi connectivity index (χ4n) is 3.62. The second-order valence-corrected chi connectivity index (χ2v) is 11.7. The topological polar surface area (TPSA) is 159 Å². The van der Waals surface area contributed by atoms with Gasteiger partial charge in [-0.25, -0.2) is 24.1 Å². The Bertz CT molecular complexity index is 1190. The third kappa shape index (κ3) is 14.0. The standard InChI is InChI=1S/C30H44N4O9/c1-8-39-24(35)23-20-40-25(33-23)34(28(38)43-30(5,6)7)18-22(32-27(37)42-29(2,3)4)16-12-13-17-31-26(36)41-19-21-14-10-9-11-15-21/h9-11,14-15,20,22H,8,12-13,16-19H2,1-7H3,(H,31,36)(H,32,37)/t22-/m0/s1. The number of benzene rings is 1. The second-order valence-electron chi connectivity index (χ2n) is 11.7. The average molecular weight is 605 g/mol. The van der Waals surface area contributed by atoms with Crippen LogP contribution in [0, 0.1) is 0 Å². The summed E-state index contributed by atoms with van der Waals surface area (Å²) in [5.74, 6) is -0.708. The van der Waals surface area contributed by atoms with Crippen LogP contribution in [0.1, 0.15) is 83.8 Å². The van der Waals surface area contributed by atoms with Crippen LogP contribution in [-0.4, -0.2) is 66.2 Å². The van der Waals surface area contributed by atoms with Crippen molar-refractivity contribution in [2.45, 2.75) is 91.6 Å². The van der Waals surface area contributed by atoms with Gasteiger partial charge in [-0.15, -0.1) is 0 Å². The molecule has 2 rings (SSSR count). The third-order valence-corrected chi connectivity index (χ3v) is 5.41. The summed E-state index contributed by atoms with van der Waals surface area (Å²) in [6, 6.07) is 8.50. The number of carbonyl (C=O) groups is 4. The quantitative estimate of drug-likeness (QED) is 0.168. The van der Waals surface area contributed by atoms with E-state index in [4.69, 9.17) is 23.4 Å². The molecule has 0 aliphatic rings. The molecule has 0 saturated carbocycles. The van der Waals surface area contributed by atoms with E-state index < -0.39 is 41.5 Å². The molecule has 238 valence electrons. The maximum Gasteiger partial charge on any atom is 0.418 e. The fourth-order valence-corrected chi connectivity index (χ4v) is 3.62. The minimum Gasteiger partial charge on any atom is -0.461 e. The summed E-state index contributed by atoms with van der Waals surface area (Å²) in [6.45, 7) is 12.5. The molecule has 2 N–H and O–H groups in total. The average Bonchev–Trinajstić information content (AvgIpc) is 3.39. The van der Waals surface area contributed by atoms with E-state index >= 15 is 0 Å². The van der Waals surface area contributed by atoms with Crippen molar-refractivity contribution in [2.75, 3.05) is 24.6 Å². The molecule has 43 heavy (non-hydrogen) atoms. The van der Waals surface area contributed by atoms with Crippen LogP contribution in [0.25, 0.3) is 0 Å². The highest BCUT2D eigenvalue weighted by molar-refractivity contribution is 5.89. The predicted molar refractivity (Wildman–Crippen MR) is 158 cm³/mol. The predicted octanol–water partition coefficient (Wildman–Crippen LogP) is 5.58. The Labute approximate surface area is 252 Å². The van der Waals surface area contributed by atoms with Crippen LogP contribution in [0.2, 0.25) is 0 Å². The van der Waals surface area contributed by atoms with Crippen molar-refractivity contribution in [3.05, 3.63) is 47.9 Å². The lowest BCUT2D eigenvalue weighted by Crippen LogP contribution is -2.48. The molecular formula is C30H44N4O9. The van der Waals surface area contributed by atoms with Gasteiger partial charge in [0.25, 0.3) is 0 Å². The van der Waals surface area contributed by atoms with Crippen LogP contribution >= 0.6 is 0 Å². The molecule has 0 aliphatic carbocycles. The van der Waals surface area contributed by atoms with Crippen molar-refractivity contribution in [1.29, 1.82) is 0 Å². The Balaban J connectivity index is 2.09. The first kappa shape index (κ1) is 34.9. The molecule has 1 aromatic carbocycles. The van der Waals surface area contributed by atoms with Crippen LogP contribution in [-0.2, 0) is 25.6 Å². The third-order valence-electron chi connectivity index (χ3n) is 5.41. The van der Waals surface area contributed by atoms with E-state index in [0.29, 0.717) is 25.8 Å². The number of ether oxygens (including phenoxy) is 4. The first-order chi connectivity index (χ1) is 20.2. The SMILES string of the molecule is CCOC(=O)c1coc(N(C[C@H](CCCCNC(=O)OCc2ccccc2)NC(=O)OC(C)(C)C)C(=O)OC(C)(C)C)n1. The second kappa shape index (κ2) is 16.4. The summed E-state index contributed by atoms with van der Waals surface area (Å²) in [4.78, 5) is 55.3. The molecule has 0 aliphatic heterocycles. The Morgan fingerprint density at radius 3 is 2.23 bits per heavy atom. The highest BCUT2D eigenvalue weighted by Crippen LogP contribution is 2.20. The maximum absolute atomic E-state index is 13.2. The van der Waals surface area contributed by atoms with Crippen LogP contribution in [0.3, 0.4) is 0 Å². The van der Waals surface area contributed by atoms with Gasteiger partial charge in [-0.2, -0.15) is 4.98 Å². The number of hydrogen-bond acceptors (Lipinski definition) is 10. The zero-order valence-electron chi connectivity index (χ0n) is 26.1. The van der Waals surface area contributed by atoms with E-state index in [-0.39, 0.29) is 31.5 Å². The number of anilines is 1. The zero-order valence-corrected chi connectivity index (χ0v) is 26.1. The van der Waals surface area contributed by atoms with Gasteiger partial charge in [0, 0.05) is 6.54 Å². The van der Waals surface area contributed by atoms with Crippen molar-refractivity contribution in [3.8, 4) is 0 Å². The molecule has 0 spiro atoms. The lowest BCUT2D eigenvalue weighted by atomic mass is 10.1. The van der Waals surface area contributed by atoms with Crippen molar-refractivity contribution in [2.24, 2.45) is 0 Å². The number of aromatic nitrogens is 1. The number of nitrogens with one attached hydrogen (secondary N) is 2. The molecule has 2 aromatic rings. The van der Waals surface area contributed by atoms with E-state index in [1.54, 1.807) is 48.5 Å². The number of nitrogens with zero attached hydrogens (tertiary/aromatic N) is 2. The van der Waals surface area contributed by atoms with Crippen LogP contribution in [0.15, 0.2) is 41.0 Å². The molecule has 0 bridgehead atoms. The highest BCUT2D eigenvalue weighted by Gasteiger charge is 2.31. The Hall–Kier alpha value is -4.29. The normalized spacial score (nSPS) is 12.1. The van der Waals surface area contributed by atoms with Crippen molar-refractivity contribution >= 4 is 30.3 Å². The first-order valence-corrected chi connectivity index (χ1v) is 14.2. The number of carbonyl (C=O) groups excluding carboxylic acids is 4. The molecule has 3 amide bonds. The number of rotatable bonds is 13. The van der Waals surface area contributed by atoms with Crippen molar-refractivity contribution in [1.82, 2.24) is 15.6 Å². The molecule has 0 fully saturated rings. The van der Waals surface area contributed by atoms with Gasteiger partial charge in [-0.3, -0.25) is 0 Å². The minimum absolute atomic E-state index is 0.108. The summed E-state index contributed by atoms with van der Waals surface area (Å²) >= 11 is 0. The number of unbranched alkanes of at least 4 members (excludes halogenated alkanes) is 1. The number of esters is 1. The first-order valence-electron chi connectivity index (χ1n) is 14.2. The lowest BCUT2D eigenvalue weighted by molar-refractivity contribution is 0.0480. The fraction of sp³-hybridized carbons (Fsp3) is 0.567. The number of amides is 3. The Morgan fingerprint density at radius 2 is 1.60 bits per heavy atom. The summed E-state index contributed by atoms with van der Waals surface area (Å²) < 4.78 is 26.6. The Kier molecular flexibility index (Phi) is 13.3. The molecule has 0 radical (unpaired) electrons. The van der Waals surface area contributed by atoms with E-state index in [9.17, 15) is 19.2 Å². The van der Waals surface area contributed by atoms with E-state index in [2.05, 4.69) is 15.6 Å². The lowest BCUT2D eigenvalue weighted by Gasteiger charge is -2.29. The van der Waals surface area contributed by atoms with Gasteiger partial charge in [0.15, 0.2) is 5.69 Å². The molecule has 1 aromatic heterocycles. The molecule has 13 nitrogen and oxygen atoms in total. The largest absolute Gasteiger partial charge is 0.461 e.